The quantitative estimate of drug-likeness (QED) is 0.819. The standard InChI is InChI=1S/C15H23N/c1-12-7-5-6-8-13(12)15(11-16-4)9-14(2,3)10-15/h5-8,16H,9-11H2,1-4H3. The van der Waals surface area contributed by atoms with E-state index in [0.717, 1.165) is 6.54 Å². The number of nitrogens with one attached hydrogen (secondary N) is 1. The van der Waals surface area contributed by atoms with E-state index in [1.54, 1.807) is 5.56 Å². The molecule has 16 heavy (non-hydrogen) atoms. The number of hydrogen-bond donors (Lipinski definition) is 1. The molecular formula is C15H23N. The minimum absolute atomic E-state index is 0.379. The van der Waals surface area contributed by atoms with Crippen molar-refractivity contribution in [3.05, 3.63) is 35.4 Å². The molecule has 1 aliphatic carbocycles. The Morgan fingerprint density at radius 1 is 1.19 bits per heavy atom. The van der Waals surface area contributed by atoms with Crippen LogP contribution in [0.15, 0.2) is 24.3 Å². The SMILES string of the molecule is CNCC1(c2ccccc2C)CC(C)(C)C1. The Morgan fingerprint density at radius 3 is 2.31 bits per heavy atom. The molecule has 0 heterocycles. The van der Waals surface area contributed by atoms with Gasteiger partial charge in [-0.1, -0.05) is 38.1 Å². The second-order valence-electron chi connectivity index (χ2n) is 6.14. The van der Waals surface area contributed by atoms with Crippen LogP contribution in [-0.4, -0.2) is 13.6 Å². The van der Waals surface area contributed by atoms with E-state index < -0.39 is 0 Å². The molecule has 1 aliphatic rings. The molecule has 1 nitrogen and oxygen atoms in total. The summed E-state index contributed by atoms with van der Waals surface area (Å²) in [6.07, 6.45) is 2.59. The Balaban J connectivity index is 2.32. The Morgan fingerprint density at radius 2 is 1.81 bits per heavy atom. The molecule has 0 radical (unpaired) electrons. The lowest BCUT2D eigenvalue weighted by atomic mass is 9.51. The number of likely N-dealkylation sites (N-methyl/N-ethyl adjacent to an activating group) is 1. The summed E-state index contributed by atoms with van der Waals surface area (Å²) >= 11 is 0. The molecule has 1 fully saturated rings. The summed E-state index contributed by atoms with van der Waals surface area (Å²) in [6.45, 7) is 8.08. The summed E-state index contributed by atoms with van der Waals surface area (Å²) in [5.74, 6) is 0. The highest BCUT2D eigenvalue weighted by Gasteiger charge is 2.49. The van der Waals surface area contributed by atoms with E-state index >= 15 is 0 Å². The van der Waals surface area contributed by atoms with Crippen LogP contribution in [0, 0.1) is 12.3 Å². The number of benzene rings is 1. The van der Waals surface area contributed by atoms with E-state index in [1.807, 2.05) is 0 Å². The Bertz CT molecular complexity index is 371. The maximum atomic E-state index is 3.37. The van der Waals surface area contributed by atoms with Crippen LogP contribution in [-0.2, 0) is 5.41 Å². The molecule has 0 unspecified atom stereocenters. The molecule has 2 rings (SSSR count). The van der Waals surface area contributed by atoms with E-state index in [-0.39, 0.29) is 0 Å². The van der Waals surface area contributed by atoms with Gasteiger partial charge >= 0.3 is 0 Å². The van der Waals surface area contributed by atoms with Crippen molar-refractivity contribution in [2.24, 2.45) is 5.41 Å². The molecule has 1 aromatic carbocycles. The van der Waals surface area contributed by atoms with Crippen LogP contribution in [0.25, 0.3) is 0 Å². The molecule has 0 atom stereocenters. The van der Waals surface area contributed by atoms with Gasteiger partial charge in [0.05, 0.1) is 0 Å². The third kappa shape index (κ3) is 1.89. The molecule has 0 aliphatic heterocycles. The third-order valence-corrected chi connectivity index (χ3v) is 3.87. The van der Waals surface area contributed by atoms with Crippen molar-refractivity contribution in [2.45, 2.75) is 39.0 Å². The summed E-state index contributed by atoms with van der Waals surface area (Å²) in [4.78, 5) is 0. The summed E-state index contributed by atoms with van der Waals surface area (Å²) in [7, 11) is 2.06. The van der Waals surface area contributed by atoms with Crippen molar-refractivity contribution < 1.29 is 0 Å². The summed E-state index contributed by atoms with van der Waals surface area (Å²) in [5.41, 5.74) is 3.87. The van der Waals surface area contributed by atoms with Gasteiger partial charge in [0.15, 0.2) is 0 Å². The zero-order valence-corrected chi connectivity index (χ0v) is 10.9. The van der Waals surface area contributed by atoms with Crippen LogP contribution in [0.4, 0.5) is 0 Å². The molecule has 1 aromatic rings. The fraction of sp³-hybridized carbons (Fsp3) is 0.600. The average Bonchev–Trinajstić information content (AvgIpc) is 2.15. The van der Waals surface area contributed by atoms with Crippen molar-refractivity contribution in [3.63, 3.8) is 0 Å². The van der Waals surface area contributed by atoms with Gasteiger partial charge in [-0.15, -0.1) is 0 Å². The summed E-state index contributed by atoms with van der Waals surface area (Å²) < 4.78 is 0. The second-order valence-corrected chi connectivity index (χ2v) is 6.14. The predicted octanol–water partition coefficient (Wildman–Crippen LogP) is 3.27. The lowest BCUT2D eigenvalue weighted by molar-refractivity contribution is 0.0574. The molecule has 1 saturated carbocycles. The number of hydrogen-bond acceptors (Lipinski definition) is 1. The highest BCUT2D eigenvalue weighted by atomic mass is 14.8. The summed E-state index contributed by atoms with van der Waals surface area (Å²) in [5, 5.41) is 3.37. The van der Waals surface area contributed by atoms with Crippen LogP contribution >= 0.6 is 0 Å². The van der Waals surface area contributed by atoms with E-state index in [9.17, 15) is 0 Å². The minimum Gasteiger partial charge on any atom is -0.319 e. The highest BCUT2D eigenvalue weighted by molar-refractivity contribution is 5.37. The third-order valence-electron chi connectivity index (χ3n) is 3.87. The van der Waals surface area contributed by atoms with E-state index in [4.69, 9.17) is 0 Å². The Labute approximate surface area is 99.3 Å². The van der Waals surface area contributed by atoms with Crippen molar-refractivity contribution in [1.82, 2.24) is 5.32 Å². The monoisotopic (exact) mass is 217 g/mol. The first kappa shape index (κ1) is 11.7. The normalized spacial score (nSPS) is 21.5. The van der Waals surface area contributed by atoms with E-state index in [1.165, 1.54) is 18.4 Å². The minimum atomic E-state index is 0.379. The van der Waals surface area contributed by atoms with Crippen LogP contribution in [0.1, 0.15) is 37.8 Å². The fourth-order valence-corrected chi connectivity index (χ4v) is 3.70. The van der Waals surface area contributed by atoms with E-state index in [0.29, 0.717) is 10.8 Å². The van der Waals surface area contributed by atoms with Crippen molar-refractivity contribution in [2.75, 3.05) is 13.6 Å². The van der Waals surface area contributed by atoms with E-state index in [2.05, 4.69) is 57.4 Å². The first-order valence-electron chi connectivity index (χ1n) is 6.20. The van der Waals surface area contributed by atoms with Crippen LogP contribution in [0.3, 0.4) is 0 Å². The highest BCUT2D eigenvalue weighted by Crippen LogP contribution is 2.55. The van der Waals surface area contributed by atoms with Gasteiger partial charge in [-0.25, -0.2) is 0 Å². The lowest BCUT2D eigenvalue weighted by Crippen LogP contribution is -2.52. The van der Waals surface area contributed by atoms with Crippen LogP contribution in [0.2, 0.25) is 0 Å². The van der Waals surface area contributed by atoms with Crippen LogP contribution in [0.5, 0.6) is 0 Å². The molecule has 0 bridgehead atoms. The van der Waals surface area contributed by atoms with Gasteiger partial charge in [0.25, 0.3) is 0 Å². The average molecular weight is 217 g/mol. The maximum Gasteiger partial charge on any atom is 0.00904 e. The molecular weight excluding hydrogens is 194 g/mol. The maximum absolute atomic E-state index is 3.37. The molecule has 1 N–H and O–H groups in total. The van der Waals surface area contributed by atoms with Crippen molar-refractivity contribution in [1.29, 1.82) is 0 Å². The van der Waals surface area contributed by atoms with Gasteiger partial charge in [0, 0.05) is 12.0 Å². The molecule has 0 saturated heterocycles. The smallest absolute Gasteiger partial charge is 0.00904 e. The van der Waals surface area contributed by atoms with Crippen molar-refractivity contribution >= 4 is 0 Å². The van der Waals surface area contributed by atoms with Crippen molar-refractivity contribution in [3.8, 4) is 0 Å². The first-order valence-corrected chi connectivity index (χ1v) is 6.20. The molecule has 0 spiro atoms. The van der Waals surface area contributed by atoms with Gasteiger partial charge in [-0.3, -0.25) is 0 Å². The van der Waals surface area contributed by atoms with Gasteiger partial charge in [-0.05, 0) is 43.4 Å². The topological polar surface area (TPSA) is 12.0 Å². The fourth-order valence-electron chi connectivity index (χ4n) is 3.70. The predicted molar refractivity (Wildman–Crippen MR) is 69.8 cm³/mol. The molecule has 88 valence electrons. The van der Waals surface area contributed by atoms with Gasteiger partial charge in [0.1, 0.15) is 0 Å². The first-order chi connectivity index (χ1) is 7.49. The van der Waals surface area contributed by atoms with Gasteiger partial charge < -0.3 is 5.32 Å². The Kier molecular flexibility index (Phi) is 2.83. The summed E-state index contributed by atoms with van der Waals surface area (Å²) in [6, 6.07) is 8.85. The molecule has 0 aromatic heterocycles. The lowest BCUT2D eigenvalue weighted by Gasteiger charge is -2.54. The van der Waals surface area contributed by atoms with Crippen LogP contribution < -0.4 is 5.32 Å². The largest absolute Gasteiger partial charge is 0.319 e. The molecule has 1 heteroatoms. The molecule has 0 amide bonds. The zero-order valence-electron chi connectivity index (χ0n) is 10.9. The number of aryl methyl sites for hydroxylation is 1. The Hall–Kier alpha value is -0.820. The van der Waals surface area contributed by atoms with Gasteiger partial charge in [0.2, 0.25) is 0 Å². The zero-order chi connectivity index (χ0) is 11.8. The second kappa shape index (κ2) is 3.89. The van der Waals surface area contributed by atoms with Gasteiger partial charge in [-0.2, -0.15) is 0 Å². The number of rotatable bonds is 3.